The van der Waals surface area contributed by atoms with Crippen LogP contribution in [0.15, 0.2) is 55.1 Å². The molecule has 116 valence electrons. The van der Waals surface area contributed by atoms with Crippen molar-refractivity contribution in [1.82, 2.24) is 5.32 Å². The lowest BCUT2D eigenvalue weighted by Gasteiger charge is -2.14. The quantitative estimate of drug-likeness (QED) is 0.751. The zero-order valence-corrected chi connectivity index (χ0v) is 13.3. The minimum Gasteiger partial charge on any atom is -0.493 e. The lowest BCUT2D eigenvalue weighted by Crippen LogP contribution is -2.14. The van der Waals surface area contributed by atoms with Gasteiger partial charge in [0.1, 0.15) is 6.61 Å². The molecule has 0 bridgehead atoms. The second-order valence-corrected chi connectivity index (χ2v) is 5.14. The van der Waals surface area contributed by atoms with E-state index in [1.54, 1.807) is 13.2 Å². The molecule has 2 aromatic rings. The molecule has 0 saturated carbocycles. The fraction of sp³-hybridized carbons (Fsp3) is 0.263. The molecule has 0 aliphatic carbocycles. The number of methoxy groups -OCH3 is 1. The normalized spacial score (nSPS) is 10.3. The minimum absolute atomic E-state index is 0.464. The fourth-order valence-electron chi connectivity index (χ4n) is 2.21. The highest BCUT2D eigenvalue weighted by Crippen LogP contribution is 2.31. The first-order chi connectivity index (χ1) is 10.7. The van der Waals surface area contributed by atoms with Crippen LogP contribution in [-0.2, 0) is 13.1 Å². The highest BCUT2D eigenvalue weighted by molar-refractivity contribution is 5.46. The van der Waals surface area contributed by atoms with Gasteiger partial charge in [0.25, 0.3) is 0 Å². The molecule has 0 fully saturated rings. The molecular weight excluding hydrogens is 274 g/mol. The first-order valence-electron chi connectivity index (χ1n) is 7.40. The van der Waals surface area contributed by atoms with E-state index in [0.29, 0.717) is 6.61 Å². The van der Waals surface area contributed by atoms with E-state index in [-0.39, 0.29) is 0 Å². The summed E-state index contributed by atoms with van der Waals surface area (Å²) in [6.45, 7) is 7.78. The zero-order chi connectivity index (χ0) is 15.8. The highest BCUT2D eigenvalue weighted by Gasteiger charge is 2.09. The second-order valence-electron chi connectivity index (χ2n) is 5.14. The Kier molecular flexibility index (Phi) is 6.04. The summed E-state index contributed by atoms with van der Waals surface area (Å²) < 4.78 is 11.1. The number of nitrogens with one attached hydrogen (secondary N) is 1. The smallest absolute Gasteiger partial charge is 0.166 e. The Bertz CT molecular complexity index is 605. The van der Waals surface area contributed by atoms with Crippen LogP contribution in [0.3, 0.4) is 0 Å². The average Bonchev–Trinajstić information content (AvgIpc) is 2.55. The van der Waals surface area contributed by atoms with E-state index in [0.717, 1.165) is 30.2 Å². The topological polar surface area (TPSA) is 30.5 Å². The van der Waals surface area contributed by atoms with Gasteiger partial charge in [-0.3, -0.25) is 0 Å². The third kappa shape index (κ3) is 4.37. The van der Waals surface area contributed by atoms with Gasteiger partial charge < -0.3 is 14.8 Å². The third-order valence-electron chi connectivity index (χ3n) is 3.39. The Labute approximate surface area is 132 Å². The van der Waals surface area contributed by atoms with Gasteiger partial charge in [-0.2, -0.15) is 0 Å². The molecule has 1 N–H and O–H groups in total. The summed E-state index contributed by atoms with van der Waals surface area (Å²) in [4.78, 5) is 0. The maximum Gasteiger partial charge on any atom is 0.166 e. The van der Waals surface area contributed by atoms with Crippen molar-refractivity contribution in [3.05, 3.63) is 71.8 Å². The highest BCUT2D eigenvalue weighted by atomic mass is 16.5. The summed E-state index contributed by atoms with van der Waals surface area (Å²) in [5.41, 5.74) is 3.62. The average molecular weight is 297 g/mol. The predicted octanol–water partition coefficient (Wildman–Crippen LogP) is 3.86. The van der Waals surface area contributed by atoms with Crippen LogP contribution >= 0.6 is 0 Å². The Morgan fingerprint density at radius 2 is 1.86 bits per heavy atom. The third-order valence-corrected chi connectivity index (χ3v) is 3.39. The molecule has 0 aliphatic heterocycles. The van der Waals surface area contributed by atoms with Crippen LogP contribution < -0.4 is 14.8 Å². The van der Waals surface area contributed by atoms with Crippen molar-refractivity contribution in [2.45, 2.75) is 20.0 Å². The number of hydrogen-bond donors (Lipinski definition) is 1. The first-order valence-corrected chi connectivity index (χ1v) is 7.40. The van der Waals surface area contributed by atoms with Crippen LogP contribution in [0.1, 0.15) is 16.7 Å². The molecule has 0 aliphatic rings. The van der Waals surface area contributed by atoms with Crippen molar-refractivity contribution < 1.29 is 9.47 Å². The number of rotatable bonds is 8. The molecule has 0 saturated heterocycles. The number of hydrogen-bond acceptors (Lipinski definition) is 3. The summed E-state index contributed by atoms with van der Waals surface area (Å²) in [6, 6.07) is 14.5. The van der Waals surface area contributed by atoms with Crippen LogP contribution in [0.2, 0.25) is 0 Å². The molecule has 0 spiro atoms. The summed E-state index contributed by atoms with van der Waals surface area (Å²) in [5.74, 6) is 1.53. The van der Waals surface area contributed by atoms with E-state index in [4.69, 9.17) is 9.47 Å². The number of para-hydroxylation sites is 1. The van der Waals surface area contributed by atoms with Gasteiger partial charge in [0.2, 0.25) is 0 Å². The van der Waals surface area contributed by atoms with Crippen molar-refractivity contribution in [1.29, 1.82) is 0 Å². The SMILES string of the molecule is C=CCOc1c(CNCc2ccc(C)cc2)cccc1OC. The molecule has 3 heteroatoms. The van der Waals surface area contributed by atoms with E-state index >= 15 is 0 Å². The van der Waals surface area contributed by atoms with Crippen molar-refractivity contribution in [2.24, 2.45) is 0 Å². The van der Waals surface area contributed by atoms with Gasteiger partial charge in [0, 0.05) is 18.7 Å². The lowest BCUT2D eigenvalue weighted by molar-refractivity contribution is 0.322. The van der Waals surface area contributed by atoms with Gasteiger partial charge in [-0.25, -0.2) is 0 Å². The Morgan fingerprint density at radius 1 is 1.09 bits per heavy atom. The van der Waals surface area contributed by atoms with Gasteiger partial charge in [0.15, 0.2) is 11.5 Å². The van der Waals surface area contributed by atoms with E-state index in [9.17, 15) is 0 Å². The molecule has 0 aromatic heterocycles. The van der Waals surface area contributed by atoms with Crippen LogP contribution in [0.5, 0.6) is 11.5 Å². The minimum atomic E-state index is 0.464. The Balaban J connectivity index is 2.02. The maximum atomic E-state index is 5.74. The van der Waals surface area contributed by atoms with E-state index in [1.807, 2.05) is 18.2 Å². The number of benzene rings is 2. The standard InChI is InChI=1S/C19H23NO2/c1-4-12-22-19-17(6-5-7-18(19)21-3)14-20-13-16-10-8-15(2)9-11-16/h4-11,20H,1,12-14H2,2-3H3. The van der Waals surface area contributed by atoms with Gasteiger partial charge in [-0.15, -0.1) is 0 Å². The molecule has 2 aromatic carbocycles. The summed E-state index contributed by atoms with van der Waals surface area (Å²) >= 11 is 0. The zero-order valence-electron chi connectivity index (χ0n) is 13.3. The van der Waals surface area contributed by atoms with Gasteiger partial charge in [-0.1, -0.05) is 54.6 Å². The summed E-state index contributed by atoms with van der Waals surface area (Å²) in [5, 5.41) is 3.44. The van der Waals surface area contributed by atoms with E-state index in [2.05, 4.69) is 43.1 Å². The molecule has 0 radical (unpaired) electrons. The van der Waals surface area contributed by atoms with Crippen molar-refractivity contribution in [3.63, 3.8) is 0 Å². The molecule has 22 heavy (non-hydrogen) atoms. The van der Waals surface area contributed by atoms with Crippen LogP contribution in [0.25, 0.3) is 0 Å². The Morgan fingerprint density at radius 3 is 2.55 bits per heavy atom. The maximum absolute atomic E-state index is 5.74. The molecule has 0 unspecified atom stereocenters. The molecular formula is C19H23NO2. The summed E-state index contributed by atoms with van der Waals surface area (Å²) in [7, 11) is 1.65. The Hall–Kier alpha value is -2.26. The molecule has 0 amide bonds. The second kappa shape index (κ2) is 8.25. The van der Waals surface area contributed by atoms with E-state index < -0.39 is 0 Å². The largest absolute Gasteiger partial charge is 0.493 e. The van der Waals surface area contributed by atoms with Gasteiger partial charge in [-0.05, 0) is 18.6 Å². The number of aryl methyl sites for hydroxylation is 1. The molecule has 0 heterocycles. The molecule has 0 atom stereocenters. The van der Waals surface area contributed by atoms with Gasteiger partial charge in [0.05, 0.1) is 7.11 Å². The molecule has 3 nitrogen and oxygen atoms in total. The first kappa shape index (κ1) is 16.1. The van der Waals surface area contributed by atoms with Crippen molar-refractivity contribution >= 4 is 0 Å². The van der Waals surface area contributed by atoms with Gasteiger partial charge >= 0.3 is 0 Å². The van der Waals surface area contributed by atoms with Crippen LogP contribution in [-0.4, -0.2) is 13.7 Å². The monoisotopic (exact) mass is 297 g/mol. The fourth-order valence-corrected chi connectivity index (χ4v) is 2.21. The lowest BCUT2D eigenvalue weighted by atomic mass is 10.1. The predicted molar refractivity (Wildman–Crippen MR) is 90.4 cm³/mol. The van der Waals surface area contributed by atoms with Crippen LogP contribution in [0, 0.1) is 6.92 Å². The van der Waals surface area contributed by atoms with Crippen LogP contribution in [0.4, 0.5) is 0 Å². The van der Waals surface area contributed by atoms with Crippen molar-refractivity contribution in [3.8, 4) is 11.5 Å². The van der Waals surface area contributed by atoms with Crippen molar-refractivity contribution in [2.75, 3.05) is 13.7 Å². The molecule has 2 rings (SSSR count). The summed E-state index contributed by atoms with van der Waals surface area (Å²) in [6.07, 6.45) is 1.73. The van der Waals surface area contributed by atoms with E-state index in [1.165, 1.54) is 11.1 Å². The number of ether oxygens (including phenoxy) is 2.